The van der Waals surface area contributed by atoms with E-state index in [0.717, 1.165) is 48.3 Å². The van der Waals surface area contributed by atoms with Crippen LogP contribution in [0.5, 0.6) is 0 Å². The molecule has 2 N–H and O–H groups in total. The van der Waals surface area contributed by atoms with Crippen molar-refractivity contribution < 1.29 is 4.92 Å². The summed E-state index contributed by atoms with van der Waals surface area (Å²) in [4.78, 5) is 17.4. The predicted molar refractivity (Wildman–Crippen MR) is 123 cm³/mol. The van der Waals surface area contributed by atoms with E-state index in [1.807, 2.05) is 30.5 Å². The fourth-order valence-corrected chi connectivity index (χ4v) is 4.95. The average Bonchev–Trinajstić information content (AvgIpc) is 2.75. The lowest BCUT2D eigenvalue weighted by molar-refractivity contribution is -0.384. The summed E-state index contributed by atoms with van der Waals surface area (Å²) in [6.07, 6.45) is 8.89. The third kappa shape index (κ3) is 5.29. The minimum Gasteiger partial charge on any atom is -0.370 e. The highest BCUT2D eigenvalue weighted by Gasteiger charge is 2.29. The molecule has 3 atom stereocenters. The van der Waals surface area contributed by atoms with E-state index in [4.69, 9.17) is 0 Å². The first kappa shape index (κ1) is 21.1. The Bertz CT molecular complexity index is 863. The molecule has 1 aliphatic heterocycles. The van der Waals surface area contributed by atoms with Crippen LogP contribution in [0.4, 0.5) is 17.2 Å². The van der Waals surface area contributed by atoms with Gasteiger partial charge in [0.15, 0.2) is 0 Å². The summed E-state index contributed by atoms with van der Waals surface area (Å²) < 4.78 is 1.03. The molecule has 30 heavy (non-hydrogen) atoms. The lowest BCUT2D eigenvalue weighted by Gasteiger charge is -2.40. The van der Waals surface area contributed by atoms with Gasteiger partial charge in [0.05, 0.1) is 4.92 Å². The minimum atomic E-state index is -0.347. The third-order valence-corrected chi connectivity index (χ3v) is 6.61. The van der Waals surface area contributed by atoms with Crippen molar-refractivity contribution in [3.63, 3.8) is 0 Å². The van der Waals surface area contributed by atoms with Crippen LogP contribution in [0.3, 0.4) is 0 Å². The summed E-state index contributed by atoms with van der Waals surface area (Å²) >= 11 is 3.52. The topological polar surface area (TPSA) is 83.3 Å². The molecule has 7 nitrogen and oxygen atoms in total. The number of pyridine rings is 1. The number of anilines is 2. The van der Waals surface area contributed by atoms with Gasteiger partial charge in [0, 0.05) is 59.7 Å². The number of nitro groups is 1. The maximum Gasteiger partial charge on any atom is 0.269 e. The molecule has 2 aromatic rings. The standard InChI is InChI=1S/C22H28BrN5O2/c23-16-11-12-24-22(14-16)26-21-6-2-1-5-20(21)25-17-4-3-13-27(15-17)18-7-9-19(10-8-18)28(29)30/h7-12,14,17,20-21,25H,1-6,13,15H2,(H,24,26)/t17-,20+,21+/m0/s1. The Hall–Kier alpha value is -2.19. The number of non-ortho nitro benzene ring substituents is 1. The van der Waals surface area contributed by atoms with Crippen LogP contribution in [0.2, 0.25) is 0 Å². The van der Waals surface area contributed by atoms with Crippen molar-refractivity contribution >= 4 is 33.1 Å². The van der Waals surface area contributed by atoms with Gasteiger partial charge >= 0.3 is 0 Å². The van der Waals surface area contributed by atoms with Crippen molar-refractivity contribution in [1.82, 2.24) is 10.3 Å². The molecule has 2 heterocycles. The normalized spacial score (nSPS) is 24.4. The van der Waals surface area contributed by atoms with E-state index in [9.17, 15) is 10.1 Å². The van der Waals surface area contributed by atoms with Crippen molar-refractivity contribution in [2.75, 3.05) is 23.3 Å². The molecule has 0 spiro atoms. The summed E-state index contributed by atoms with van der Waals surface area (Å²) in [7, 11) is 0. The second-order valence-electron chi connectivity index (χ2n) is 8.23. The van der Waals surface area contributed by atoms with Crippen LogP contribution in [-0.4, -0.2) is 41.1 Å². The molecule has 160 valence electrons. The van der Waals surface area contributed by atoms with E-state index in [0.29, 0.717) is 18.1 Å². The van der Waals surface area contributed by atoms with Gasteiger partial charge in [-0.1, -0.05) is 28.8 Å². The molecule has 2 aliphatic rings. The monoisotopic (exact) mass is 473 g/mol. The van der Waals surface area contributed by atoms with Gasteiger partial charge in [-0.3, -0.25) is 10.1 Å². The van der Waals surface area contributed by atoms with Crippen LogP contribution >= 0.6 is 15.9 Å². The van der Waals surface area contributed by atoms with E-state index >= 15 is 0 Å². The lowest BCUT2D eigenvalue weighted by atomic mass is 9.89. The van der Waals surface area contributed by atoms with Crippen molar-refractivity contribution in [2.24, 2.45) is 0 Å². The zero-order chi connectivity index (χ0) is 20.9. The summed E-state index contributed by atoms with van der Waals surface area (Å²) in [5.41, 5.74) is 1.20. The molecule has 8 heteroatoms. The molecule has 1 saturated heterocycles. The zero-order valence-electron chi connectivity index (χ0n) is 17.0. The van der Waals surface area contributed by atoms with E-state index in [1.54, 1.807) is 12.1 Å². The Labute approximate surface area is 185 Å². The van der Waals surface area contributed by atoms with Crippen LogP contribution in [0.15, 0.2) is 47.1 Å². The van der Waals surface area contributed by atoms with Crippen LogP contribution in [-0.2, 0) is 0 Å². The van der Waals surface area contributed by atoms with E-state index in [2.05, 4.69) is 36.4 Å². The first-order chi connectivity index (χ1) is 14.6. The molecule has 0 unspecified atom stereocenters. The van der Waals surface area contributed by atoms with Crippen LogP contribution in [0, 0.1) is 10.1 Å². The predicted octanol–water partition coefficient (Wildman–Crippen LogP) is 4.73. The van der Waals surface area contributed by atoms with Crippen LogP contribution in [0.1, 0.15) is 38.5 Å². The summed E-state index contributed by atoms with van der Waals surface area (Å²) in [5, 5.41) is 18.5. The SMILES string of the molecule is O=[N+]([O-])c1ccc(N2CCC[C@H](N[C@@H]3CCCC[C@H]3Nc3cc(Br)ccn3)C2)cc1. The van der Waals surface area contributed by atoms with Crippen molar-refractivity contribution in [3.8, 4) is 0 Å². The van der Waals surface area contributed by atoms with Gasteiger partial charge in [-0.05, 0) is 49.9 Å². The molecule has 1 saturated carbocycles. The second kappa shape index (κ2) is 9.75. The number of nitrogens with one attached hydrogen (secondary N) is 2. The number of piperidine rings is 1. The van der Waals surface area contributed by atoms with Gasteiger partial charge in [-0.25, -0.2) is 4.98 Å². The molecule has 0 radical (unpaired) electrons. The van der Waals surface area contributed by atoms with Crippen LogP contribution in [0.25, 0.3) is 0 Å². The highest BCUT2D eigenvalue weighted by atomic mass is 79.9. The molecule has 2 fully saturated rings. The summed E-state index contributed by atoms with van der Waals surface area (Å²) in [6.45, 7) is 1.92. The molecular weight excluding hydrogens is 446 g/mol. The summed E-state index contributed by atoms with van der Waals surface area (Å²) in [6, 6.07) is 12.1. The maximum atomic E-state index is 10.9. The van der Waals surface area contributed by atoms with E-state index in [1.165, 1.54) is 19.3 Å². The van der Waals surface area contributed by atoms with Gasteiger partial charge in [-0.15, -0.1) is 0 Å². The summed E-state index contributed by atoms with van der Waals surface area (Å²) in [5.74, 6) is 0.916. The molecule has 4 rings (SSSR count). The quantitative estimate of drug-likeness (QED) is 0.465. The molecule has 0 amide bonds. The maximum absolute atomic E-state index is 10.9. The van der Waals surface area contributed by atoms with E-state index < -0.39 is 0 Å². The molecule has 1 aliphatic carbocycles. The van der Waals surface area contributed by atoms with Gasteiger partial charge in [0.2, 0.25) is 0 Å². The number of aromatic nitrogens is 1. The number of nitro benzene ring substituents is 1. The minimum absolute atomic E-state index is 0.141. The Balaban J connectivity index is 1.38. The fraction of sp³-hybridized carbons (Fsp3) is 0.500. The Kier molecular flexibility index (Phi) is 6.84. The molecule has 1 aromatic heterocycles. The van der Waals surface area contributed by atoms with Gasteiger partial charge < -0.3 is 15.5 Å². The number of nitrogens with zero attached hydrogens (tertiary/aromatic N) is 3. The number of hydrogen-bond donors (Lipinski definition) is 2. The van der Waals surface area contributed by atoms with Crippen molar-refractivity contribution in [1.29, 1.82) is 0 Å². The zero-order valence-corrected chi connectivity index (χ0v) is 18.6. The Morgan fingerprint density at radius 2 is 1.83 bits per heavy atom. The van der Waals surface area contributed by atoms with Gasteiger partial charge in [-0.2, -0.15) is 0 Å². The number of hydrogen-bond acceptors (Lipinski definition) is 6. The smallest absolute Gasteiger partial charge is 0.269 e. The molecular formula is C22H28BrN5O2. The number of benzene rings is 1. The fourth-order valence-electron chi connectivity index (χ4n) is 4.61. The van der Waals surface area contributed by atoms with E-state index in [-0.39, 0.29) is 10.6 Å². The second-order valence-corrected chi connectivity index (χ2v) is 9.14. The Morgan fingerprint density at radius 1 is 1.07 bits per heavy atom. The van der Waals surface area contributed by atoms with Crippen molar-refractivity contribution in [2.45, 2.75) is 56.7 Å². The first-order valence-corrected chi connectivity index (χ1v) is 11.5. The third-order valence-electron chi connectivity index (χ3n) is 6.12. The lowest BCUT2D eigenvalue weighted by Crippen LogP contribution is -2.54. The largest absolute Gasteiger partial charge is 0.370 e. The highest BCUT2D eigenvalue weighted by Crippen LogP contribution is 2.26. The number of rotatable bonds is 6. The first-order valence-electron chi connectivity index (χ1n) is 10.7. The number of halogens is 1. The average molecular weight is 474 g/mol. The molecule has 0 bridgehead atoms. The van der Waals surface area contributed by atoms with Crippen molar-refractivity contribution in [3.05, 3.63) is 57.2 Å². The highest BCUT2D eigenvalue weighted by molar-refractivity contribution is 9.10. The van der Waals surface area contributed by atoms with Gasteiger partial charge in [0.1, 0.15) is 5.82 Å². The molecule has 1 aromatic carbocycles. The Morgan fingerprint density at radius 3 is 2.57 bits per heavy atom. The van der Waals surface area contributed by atoms with Crippen LogP contribution < -0.4 is 15.5 Å². The van der Waals surface area contributed by atoms with Gasteiger partial charge in [0.25, 0.3) is 5.69 Å².